The Morgan fingerprint density at radius 1 is 1.22 bits per heavy atom. The number of thiazole rings is 1. The second-order valence-electron chi connectivity index (χ2n) is 5.92. The van der Waals surface area contributed by atoms with E-state index in [0.717, 1.165) is 26.4 Å². The number of carbonyl (C=O) groups excluding carboxylic acids is 2. The Hall–Kier alpha value is -3.39. The Labute approximate surface area is 158 Å². The maximum absolute atomic E-state index is 11.7. The van der Waals surface area contributed by atoms with Crippen molar-refractivity contribution < 1.29 is 14.3 Å². The van der Waals surface area contributed by atoms with Crippen molar-refractivity contribution in [3.05, 3.63) is 53.7 Å². The minimum Gasteiger partial charge on any atom is -0.496 e. The summed E-state index contributed by atoms with van der Waals surface area (Å²) in [4.78, 5) is 28.7. The number of nitrogens with zero attached hydrogens (tertiary/aromatic N) is 2. The summed E-state index contributed by atoms with van der Waals surface area (Å²) in [6.07, 6.45) is 1.92. The van der Waals surface area contributed by atoms with Gasteiger partial charge in [0.2, 0.25) is 0 Å². The molecule has 2 aromatic carbocycles. The monoisotopic (exact) mass is 380 g/mol. The van der Waals surface area contributed by atoms with Gasteiger partial charge in [0, 0.05) is 30.4 Å². The number of nitrogens with two attached hydrogens (primary N) is 1. The molecule has 7 nitrogen and oxygen atoms in total. The van der Waals surface area contributed by atoms with Gasteiger partial charge in [-0.15, -0.1) is 0 Å². The number of methoxy groups -OCH3 is 1. The number of carbonyl (C=O) groups is 2. The number of primary amides is 1. The molecule has 0 saturated carbocycles. The number of ether oxygens (including phenoxy) is 1. The third-order valence-electron chi connectivity index (χ3n) is 4.35. The van der Waals surface area contributed by atoms with Crippen LogP contribution in [-0.2, 0) is 0 Å². The first-order chi connectivity index (χ1) is 13.0. The van der Waals surface area contributed by atoms with E-state index in [-0.39, 0.29) is 5.91 Å². The van der Waals surface area contributed by atoms with Crippen molar-refractivity contribution in [2.75, 3.05) is 14.2 Å². The minimum atomic E-state index is -0.531. The molecular weight excluding hydrogens is 364 g/mol. The predicted octanol–water partition coefficient (Wildman–Crippen LogP) is 2.68. The fraction of sp³-hybridized carbons (Fsp3) is 0.105. The molecule has 136 valence electrons. The van der Waals surface area contributed by atoms with Gasteiger partial charge in [-0.3, -0.25) is 14.0 Å². The third-order valence-corrected chi connectivity index (χ3v) is 5.37. The van der Waals surface area contributed by atoms with Crippen molar-refractivity contribution in [1.82, 2.24) is 14.7 Å². The van der Waals surface area contributed by atoms with Crippen LogP contribution in [0.15, 0.2) is 42.6 Å². The normalized spacial score (nSPS) is 11.0. The number of nitrogens with one attached hydrogen (secondary N) is 1. The SMILES string of the molecule is CNC(=O)c1ccc(-c2cn3c(n2)sc2cc(C(N)=O)c(OC)cc23)cc1. The Balaban J connectivity index is 1.81. The number of amides is 2. The van der Waals surface area contributed by atoms with E-state index in [1.165, 1.54) is 18.4 Å². The van der Waals surface area contributed by atoms with E-state index in [9.17, 15) is 9.59 Å². The summed E-state index contributed by atoms with van der Waals surface area (Å²) < 4.78 is 8.15. The molecule has 2 amide bonds. The van der Waals surface area contributed by atoms with Gasteiger partial charge >= 0.3 is 0 Å². The molecule has 4 rings (SSSR count). The lowest BCUT2D eigenvalue weighted by Gasteiger charge is -2.05. The highest BCUT2D eigenvalue weighted by atomic mass is 32.1. The van der Waals surface area contributed by atoms with Gasteiger partial charge < -0.3 is 15.8 Å². The van der Waals surface area contributed by atoms with Crippen LogP contribution in [-0.4, -0.2) is 35.4 Å². The summed E-state index contributed by atoms with van der Waals surface area (Å²) >= 11 is 1.46. The van der Waals surface area contributed by atoms with Crippen molar-refractivity contribution in [2.45, 2.75) is 0 Å². The number of fused-ring (bicyclic) bond motifs is 3. The summed E-state index contributed by atoms with van der Waals surface area (Å²) in [5.74, 6) is -0.229. The van der Waals surface area contributed by atoms with Gasteiger partial charge in [0.15, 0.2) is 4.96 Å². The molecule has 0 radical (unpaired) electrons. The number of hydrogen-bond acceptors (Lipinski definition) is 5. The first kappa shape index (κ1) is 17.0. The molecule has 0 fully saturated rings. The van der Waals surface area contributed by atoms with Crippen molar-refractivity contribution >= 4 is 38.3 Å². The van der Waals surface area contributed by atoms with Gasteiger partial charge in [-0.25, -0.2) is 4.98 Å². The molecule has 0 aliphatic rings. The van der Waals surface area contributed by atoms with Crippen LogP contribution in [0.4, 0.5) is 0 Å². The minimum absolute atomic E-state index is 0.129. The summed E-state index contributed by atoms with van der Waals surface area (Å²) in [7, 11) is 3.10. The lowest BCUT2D eigenvalue weighted by molar-refractivity contribution is 0.0961. The lowest BCUT2D eigenvalue weighted by Crippen LogP contribution is -2.17. The molecule has 0 aliphatic heterocycles. The zero-order chi connectivity index (χ0) is 19.1. The fourth-order valence-corrected chi connectivity index (χ4v) is 3.99. The van der Waals surface area contributed by atoms with Crippen LogP contribution < -0.4 is 15.8 Å². The molecule has 0 unspecified atom stereocenters. The number of benzene rings is 2. The molecule has 2 heterocycles. The van der Waals surface area contributed by atoms with Crippen molar-refractivity contribution in [3.63, 3.8) is 0 Å². The fourth-order valence-electron chi connectivity index (χ4n) is 2.96. The van der Waals surface area contributed by atoms with Gasteiger partial charge in [-0.05, 0) is 18.2 Å². The molecular formula is C19H16N4O3S. The lowest BCUT2D eigenvalue weighted by atomic mass is 10.1. The van der Waals surface area contributed by atoms with E-state index >= 15 is 0 Å². The maximum atomic E-state index is 11.7. The first-order valence-electron chi connectivity index (χ1n) is 8.13. The summed E-state index contributed by atoms with van der Waals surface area (Å²) in [5.41, 5.74) is 8.96. The average molecular weight is 380 g/mol. The largest absolute Gasteiger partial charge is 0.496 e. The second kappa shape index (κ2) is 6.40. The van der Waals surface area contributed by atoms with E-state index < -0.39 is 5.91 Å². The number of hydrogen-bond donors (Lipinski definition) is 2. The number of imidazole rings is 1. The summed E-state index contributed by atoms with van der Waals surface area (Å²) in [6.45, 7) is 0. The second-order valence-corrected chi connectivity index (χ2v) is 6.93. The Kier molecular flexibility index (Phi) is 4.04. The van der Waals surface area contributed by atoms with Crippen LogP contribution in [0.5, 0.6) is 5.75 Å². The van der Waals surface area contributed by atoms with Crippen molar-refractivity contribution in [1.29, 1.82) is 0 Å². The van der Waals surface area contributed by atoms with Gasteiger partial charge in [0.05, 0.1) is 28.6 Å². The molecule has 0 atom stereocenters. The molecule has 3 N–H and O–H groups in total. The summed E-state index contributed by atoms with van der Waals surface area (Å²) in [6, 6.07) is 10.8. The van der Waals surface area contributed by atoms with E-state index in [1.54, 1.807) is 31.3 Å². The molecule has 4 aromatic rings. The van der Waals surface area contributed by atoms with Crippen LogP contribution in [0.3, 0.4) is 0 Å². The smallest absolute Gasteiger partial charge is 0.252 e. The molecule has 8 heteroatoms. The van der Waals surface area contributed by atoms with Crippen LogP contribution in [0.2, 0.25) is 0 Å². The number of aromatic nitrogens is 2. The van der Waals surface area contributed by atoms with Gasteiger partial charge in [0.1, 0.15) is 5.75 Å². The molecule has 0 aliphatic carbocycles. The Morgan fingerprint density at radius 3 is 2.59 bits per heavy atom. The van der Waals surface area contributed by atoms with Crippen LogP contribution in [0, 0.1) is 0 Å². The van der Waals surface area contributed by atoms with Gasteiger partial charge in [-0.1, -0.05) is 23.5 Å². The van der Waals surface area contributed by atoms with Crippen LogP contribution >= 0.6 is 11.3 Å². The third kappa shape index (κ3) is 2.80. The Bertz CT molecular complexity index is 1190. The van der Waals surface area contributed by atoms with Crippen molar-refractivity contribution in [3.8, 4) is 17.0 Å². The van der Waals surface area contributed by atoms with E-state index in [2.05, 4.69) is 10.3 Å². The highest BCUT2D eigenvalue weighted by Crippen LogP contribution is 2.33. The zero-order valence-electron chi connectivity index (χ0n) is 14.6. The zero-order valence-corrected chi connectivity index (χ0v) is 15.5. The number of rotatable bonds is 4. The molecule has 27 heavy (non-hydrogen) atoms. The average Bonchev–Trinajstić information content (AvgIpc) is 3.24. The standard InChI is InChI=1S/C19H16N4O3S/c1-21-18(25)11-5-3-10(4-6-11)13-9-23-14-8-15(26-2)12(17(20)24)7-16(14)27-19(23)22-13/h3-9H,1-2H3,(H2,20,24)(H,21,25). The summed E-state index contributed by atoms with van der Waals surface area (Å²) in [5, 5.41) is 2.60. The van der Waals surface area contributed by atoms with E-state index in [0.29, 0.717) is 16.9 Å². The van der Waals surface area contributed by atoms with Gasteiger partial charge in [-0.2, -0.15) is 0 Å². The van der Waals surface area contributed by atoms with E-state index in [1.807, 2.05) is 22.7 Å². The predicted molar refractivity (Wildman–Crippen MR) is 104 cm³/mol. The quantitative estimate of drug-likeness (QED) is 0.569. The topological polar surface area (TPSA) is 98.7 Å². The van der Waals surface area contributed by atoms with Gasteiger partial charge in [0.25, 0.3) is 11.8 Å². The van der Waals surface area contributed by atoms with Crippen LogP contribution in [0.25, 0.3) is 26.4 Å². The highest BCUT2D eigenvalue weighted by Gasteiger charge is 2.16. The Morgan fingerprint density at radius 2 is 1.96 bits per heavy atom. The maximum Gasteiger partial charge on any atom is 0.252 e. The van der Waals surface area contributed by atoms with Crippen molar-refractivity contribution in [2.24, 2.45) is 5.73 Å². The molecule has 0 spiro atoms. The molecule has 2 aromatic heterocycles. The highest BCUT2D eigenvalue weighted by molar-refractivity contribution is 7.23. The van der Waals surface area contributed by atoms with E-state index in [4.69, 9.17) is 10.5 Å². The molecule has 0 saturated heterocycles. The van der Waals surface area contributed by atoms with Crippen LogP contribution in [0.1, 0.15) is 20.7 Å². The molecule has 0 bridgehead atoms. The first-order valence-corrected chi connectivity index (χ1v) is 8.95.